The molecule has 2 atom stereocenters. The van der Waals surface area contributed by atoms with Gasteiger partial charge in [0.05, 0.1) is 5.75 Å². The van der Waals surface area contributed by atoms with Gasteiger partial charge < -0.3 is 19.3 Å². The molecule has 2 saturated carbocycles. The molecular formula is C22H28N2O4S. The number of amides is 2. The topological polar surface area (TPSA) is 59.1 Å². The first kappa shape index (κ1) is 19.1. The molecule has 5 rings (SSSR count). The Hall–Kier alpha value is -1.89. The Labute approximate surface area is 175 Å². The standard InChI is InChI=1S/C22H28N2O4S/c25-21(13-29-16-3-1-2-4-16)23-7-9-24(10-8-23)22(26)18-12-17(18)15-5-6-19-20(11-15)28-14-27-19/h5-6,11,16-18H,1-4,7-10,12-14H2/t17?,18-/m0/s1. The van der Waals surface area contributed by atoms with E-state index < -0.39 is 0 Å². The largest absolute Gasteiger partial charge is 0.454 e. The van der Waals surface area contributed by atoms with Crippen molar-refractivity contribution in [2.45, 2.75) is 43.3 Å². The maximum Gasteiger partial charge on any atom is 0.232 e. The fourth-order valence-corrected chi connectivity index (χ4v) is 5.95. The molecule has 156 valence electrons. The molecule has 29 heavy (non-hydrogen) atoms. The van der Waals surface area contributed by atoms with Crippen LogP contribution < -0.4 is 9.47 Å². The molecule has 1 unspecified atom stereocenters. The van der Waals surface area contributed by atoms with Gasteiger partial charge in [0, 0.05) is 37.3 Å². The zero-order chi connectivity index (χ0) is 19.8. The molecule has 1 aromatic rings. The van der Waals surface area contributed by atoms with Crippen LogP contribution in [0.5, 0.6) is 11.5 Å². The highest BCUT2D eigenvalue weighted by Crippen LogP contribution is 2.50. The van der Waals surface area contributed by atoms with Crippen molar-refractivity contribution in [2.75, 3.05) is 38.7 Å². The minimum absolute atomic E-state index is 0.0653. The van der Waals surface area contributed by atoms with E-state index >= 15 is 0 Å². The van der Waals surface area contributed by atoms with E-state index in [0.29, 0.717) is 37.2 Å². The fourth-order valence-electron chi connectivity index (χ4n) is 4.73. The smallest absolute Gasteiger partial charge is 0.232 e. The molecule has 2 amide bonds. The van der Waals surface area contributed by atoms with Crippen LogP contribution in [0.1, 0.15) is 43.6 Å². The Morgan fingerprint density at radius 1 is 1.00 bits per heavy atom. The summed E-state index contributed by atoms with van der Waals surface area (Å²) in [5.74, 6) is 2.97. The minimum Gasteiger partial charge on any atom is -0.454 e. The summed E-state index contributed by atoms with van der Waals surface area (Å²) in [7, 11) is 0. The molecule has 0 radical (unpaired) electrons. The van der Waals surface area contributed by atoms with E-state index in [1.807, 2.05) is 39.8 Å². The van der Waals surface area contributed by atoms with Crippen molar-refractivity contribution in [3.8, 4) is 11.5 Å². The maximum absolute atomic E-state index is 12.9. The van der Waals surface area contributed by atoms with Crippen molar-refractivity contribution in [1.82, 2.24) is 9.80 Å². The van der Waals surface area contributed by atoms with Crippen LogP contribution in [-0.2, 0) is 9.59 Å². The number of nitrogens with zero attached hydrogens (tertiary/aromatic N) is 2. The molecule has 2 aliphatic heterocycles. The Morgan fingerprint density at radius 2 is 1.72 bits per heavy atom. The Kier molecular flexibility index (Phi) is 5.33. The lowest BCUT2D eigenvalue weighted by molar-refractivity contribution is -0.139. The van der Waals surface area contributed by atoms with Gasteiger partial charge in [0.2, 0.25) is 18.6 Å². The summed E-state index contributed by atoms with van der Waals surface area (Å²) < 4.78 is 10.8. The first-order valence-electron chi connectivity index (χ1n) is 10.8. The second kappa shape index (κ2) is 8.09. The number of fused-ring (bicyclic) bond motifs is 1. The number of carbonyl (C=O) groups excluding carboxylic acids is 2. The van der Waals surface area contributed by atoms with Gasteiger partial charge in [0.1, 0.15) is 0 Å². The molecule has 6 nitrogen and oxygen atoms in total. The summed E-state index contributed by atoms with van der Waals surface area (Å²) in [6.07, 6.45) is 6.02. The van der Waals surface area contributed by atoms with Crippen LogP contribution in [-0.4, -0.2) is 65.6 Å². The van der Waals surface area contributed by atoms with Gasteiger partial charge in [-0.15, -0.1) is 11.8 Å². The lowest BCUT2D eigenvalue weighted by atomic mass is 10.1. The number of thioether (sulfide) groups is 1. The van der Waals surface area contributed by atoms with Crippen LogP contribution in [0, 0.1) is 5.92 Å². The van der Waals surface area contributed by atoms with Gasteiger partial charge in [-0.05, 0) is 42.9 Å². The lowest BCUT2D eigenvalue weighted by Gasteiger charge is -2.35. The van der Waals surface area contributed by atoms with Crippen molar-refractivity contribution in [3.63, 3.8) is 0 Å². The summed E-state index contributed by atoms with van der Waals surface area (Å²) in [6, 6.07) is 5.99. The van der Waals surface area contributed by atoms with Crippen LogP contribution in [0.25, 0.3) is 0 Å². The molecule has 1 saturated heterocycles. The number of carbonyl (C=O) groups is 2. The molecular weight excluding hydrogens is 388 g/mol. The van der Waals surface area contributed by atoms with Gasteiger partial charge >= 0.3 is 0 Å². The predicted octanol–water partition coefficient (Wildman–Crippen LogP) is 2.87. The van der Waals surface area contributed by atoms with Gasteiger partial charge in [-0.1, -0.05) is 18.9 Å². The van der Waals surface area contributed by atoms with Crippen molar-refractivity contribution in [1.29, 1.82) is 0 Å². The van der Waals surface area contributed by atoms with Crippen LogP contribution in [0.4, 0.5) is 0 Å². The Bertz CT molecular complexity index is 787. The molecule has 2 aliphatic carbocycles. The third-order valence-electron chi connectivity index (χ3n) is 6.62. The molecule has 1 aromatic carbocycles. The highest BCUT2D eigenvalue weighted by Gasteiger charge is 2.46. The minimum atomic E-state index is 0.0653. The van der Waals surface area contributed by atoms with Crippen LogP contribution >= 0.6 is 11.8 Å². The summed E-state index contributed by atoms with van der Waals surface area (Å²) in [4.78, 5) is 29.3. The predicted molar refractivity (Wildman–Crippen MR) is 111 cm³/mol. The molecule has 3 fully saturated rings. The SMILES string of the molecule is O=C(CSC1CCCC1)N1CCN(C(=O)[C@H]2CC2c2ccc3c(c2)OCO3)CC1. The molecule has 0 spiro atoms. The second-order valence-corrected chi connectivity index (χ2v) is 9.77. The van der Waals surface area contributed by atoms with E-state index in [0.717, 1.165) is 23.5 Å². The number of ether oxygens (including phenoxy) is 2. The Morgan fingerprint density at radius 3 is 2.52 bits per heavy atom. The summed E-state index contributed by atoms with van der Waals surface area (Å²) in [5.41, 5.74) is 1.16. The third kappa shape index (κ3) is 4.06. The average Bonchev–Trinajstić information content (AvgIpc) is 3.14. The van der Waals surface area contributed by atoms with Gasteiger partial charge in [-0.3, -0.25) is 9.59 Å². The Balaban J connectivity index is 1.09. The normalized spacial score (nSPS) is 26.1. The van der Waals surface area contributed by atoms with Crippen LogP contribution in [0.15, 0.2) is 18.2 Å². The van der Waals surface area contributed by atoms with Gasteiger partial charge in [0.15, 0.2) is 11.5 Å². The quantitative estimate of drug-likeness (QED) is 0.739. The van der Waals surface area contributed by atoms with Crippen molar-refractivity contribution < 1.29 is 19.1 Å². The number of piperazine rings is 1. The summed E-state index contributed by atoms with van der Waals surface area (Å²) in [5, 5.41) is 0.671. The molecule has 7 heteroatoms. The lowest BCUT2D eigenvalue weighted by Crippen LogP contribution is -2.51. The highest BCUT2D eigenvalue weighted by atomic mass is 32.2. The zero-order valence-corrected chi connectivity index (χ0v) is 17.5. The zero-order valence-electron chi connectivity index (χ0n) is 16.7. The maximum atomic E-state index is 12.9. The van der Waals surface area contributed by atoms with Gasteiger partial charge in [-0.2, -0.15) is 0 Å². The first-order valence-corrected chi connectivity index (χ1v) is 11.8. The van der Waals surface area contributed by atoms with Gasteiger partial charge in [0.25, 0.3) is 0 Å². The second-order valence-electron chi connectivity index (χ2n) is 8.48. The van der Waals surface area contributed by atoms with E-state index in [9.17, 15) is 9.59 Å². The van der Waals surface area contributed by atoms with E-state index in [2.05, 4.69) is 0 Å². The summed E-state index contributed by atoms with van der Waals surface area (Å²) in [6.45, 7) is 2.91. The fraction of sp³-hybridized carbons (Fsp3) is 0.636. The highest BCUT2D eigenvalue weighted by molar-refractivity contribution is 8.00. The molecule has 4 aliphatic rings. The molecule has 0 bridgehead atoms. The van der Waals surface area contributed by atoms with Gasteiger partial charge in [-0.25, -0.2) is 0 Å². The van der Waals surface area contributed by atoms with E-state index in [-0.39, 0.29) is 30.4 Å². The van der Waals surface area contributed by atoms with Crippen molar-refractivity contribution in [3.05, 3.63) is 23.8 Å². The molecule has 0 aromatic heterocycles. The van der Waals surface area contributed by atoms with E-state index in [1.165, 1.54) is 25.7 Å². The average molecular weight is 417 g/mol. The monoisotopic (exact) mass is 416 g/mol. The molecule has 2 heterocycles. The van der Waals surface area contributed by atoms with Crippen molar-refractivity contribution in [2.24, 2.45) is 5.92 Å². The number of hydrogen-bond donors (Lipinski definition) is 0. The first-order chi connectivity index (χ1) is 14.2. The van der Waals surface area contributed by atoms with Crippen LogP contribution in [0.3, 0.4) is 0 Å². The summed E-state index contributed by atoms with van der Waals surface area (Å²) >= 11 is 1.82. The van der Waals surface area contributed by atoms with E-state index in [4.69, 9.17) is 9.47 Å². The molecule has 0 N–H and O–H groups in total. The van der Waals surface area contributed by atoms with E-state index in [1.54, 1.807) is 0 Å². The number of rotatable bonds is 5. The number of hydrogen-bond acceptors (Lipinski definition) is 5. The number of benzene rings is 1. The van der Waals surface area contributed by atoms with Crippen molar-refractivity contribution >= 4 is 23.6 Å². The van der Waals surface area contributed by atoms with Crippen LogP contribution in [0.2, 0.25) is 0 Å². The third-order valence-corrected chi connectivity index (χ3v) is 7.98.